The first-order valence-electron chi connectivity index (χ1n) is 4.02. The lowest BCUT2D eigenvalue weighted by atomic mass is 10.2. The number of hydrogen-bond acceptors (Lipinski definition) is 2. The lowest BCUT2D eigenvalue weighted by Crippen LogP contribution is -1.95. The number of imidazole rings is 1. The van der Waals surface area contributed by atoms with Gasteiger partial charge in [0.05, 0.1) is 11.1 Å². The molecule has 2 aromatic rings. The highest BCUT2D eigenvalue weighted by Crippen LogP contribution is 2.25. The fraction of sp³-hybridized carbons (Fsp3) is 0.222. The van der Waals surface area contributed by atoms with Gasteiger partial charge in [0.2, 0.25) is 0 Å². The third-order valence-electron chi connectivity index (χ3n) is 1.78. The number of furan rings is 1. The van der Waals surface area contributed by atoms with Crippen molar-refractivity contribution >= 4 is 15.9 Å². The summed E-state index contributed by atoms with van der Waals surface area (Å²) in [6, 6.07) is 3.83. The second-order valence-corrected chi connectivity index (χ2v) is 3.83. The smallest absolute Gasteiger partial charge is 0.117 e. The Morgan fingerprint density at radius 3 is 3.15 bits per heavy atom. The minimum absolute atomic E-state index is 0.189. The summed E-state index contributed by atoms with van der Waals surface area (Å²) < 4.78 is 5.26. The number of nitrogens with one attached hydrogen (secondary N) is 1. The van der Waals surface area contributed by atoms with Crippen LogP contribution in [-0.2, 0) is 6.42 Å². The van der Waals surface area contributed by atoms with Gasteiger partial charge in [0.25, 0.3) is 0 Å². The van der Waals surface area contributed by atoms with Crippen molar-refractivity contribution in [1.29, 1.82) is 0 Å². The molecule has 0 aromatic carbocycles. The van der Waals surface area contributed by atoms with Crippen LogP contribution < -0.4 is 0 Å². The number of halogens is 1. The van der Waals surface area contributed by atoms with Gasteiger partial charge >= 0.3 is 0 Å². The van der Waals surface area contributed by atoms with Crippen LogP contribution in [0, 0.1) is 0 Å². The Kier molecular flexibility index (Phi) is 2.49. The molecule has 1 N–H and O–H groups in total. The van der Waals surface area contributed by atoms with Gasteiger partial charge in [-0.2, -0.15) is 0 Å². The third-order valence-corrected chi connectivity index (χ3v) is 2.55. The van der Waals surface area contributed by atoms with E-state index in [1.807, 2.05) is 18.3 Å². The van der Waals surface area contributed by atoms with Gasteiger partial charge in [-0.15, -0.1) is 0 Å². The quantitative estimate of drug-likeness (QED) is 0.839. The van der Waals surface area contributed by atoms with Crippen molar-refractivity contribution in [2.75, 3.05) is 0 Å². The summed E-state index contributed by atoms with van der Waals surface area (Å²) in [6.07, 6.45) is 6.04. The molecule has 1 unspecified atom stereocenters. The van der Waals surface area contributed by atoms with E-state index in [1.54, 1.807) is 12.5 Å². The molecular weight excluding hydrogens is 232 g/mol. The summed E-state index contributed by atoms with van der Waals surface area (Å²) in [7, 11) is 0. The van der Waals surface area contributed by atoms with Crippen LogP contribution in [0.3, 0.4) is 0 Å². The van der Waals surface area contributed by atoms with E-state index >= 15 is 0 Å². The summed E-state index contributed by atoms with van der Waals surface area (Å²) in [5.41, 5.74) is 0. The van der Waals surface area contributed by atoms with Crippen LogP contribution in [0.5, 0.6) is 0 Å². The molecular formula is C9H9BrN2O. The number of hydrogen-bond donors (Lipinski definition) is 1. The Labute approximate surface area is 84.3 Å². The highest BCUT2D eigenvalue weighted by atomic mass is 79.9. The van der Waals surface area contributed by atoms with Gasteiger partial charge in [-0.05, 0) is 12.1 Å². The van der Waals surface area contributed by atoms with Gasteiger partial charge in [-0.1, -0.05) is 15.9 Å². The molecule has 0 radical (unpaired) electrons. The number of H-pyrrole nitrogens is 1. The van der Waals surface area contributed by atoms with Crippen molar-refractivity contribution < 1.29 is 4.42 Å². The van der Waals surface area contributed by atoms with Gasteiger partial charge < -0.3 is 9.40 Å². The lowest BCUT2D eigenvalue weighted by molar-refractivity contribution is 0.505. The molecule has 0 aliphatic rings. The third kappa shape index (κ3) is 2.01. The van der Waals surface area contributed by atoms with E-state index in [0.717, 1.165) is 18.0 Å². The van der Waals surface area contributed by atoms with Crippen LogP contribution in [0.1, 0.15) is 16.4 Å². The van der Waals surface area contributed by atoms with Crippen molar-refractivity contribution in [3.8, 4) is 0 Å². The number of aromatic nitrogens is 2. The SMILES string of the molecule is BrC(Cc1ncc[nH]1)c1ccco1. The number of aromatic amines is 1. The fourth-order valence-electron chi connectivity index (χ4n) is 1.15. The second-order valence-electron chi connectivity index (χ2n) is 2.72. The topological polar surface area (TPSA) is 41.8 Å². The van der Waals surface area contributed by atoms with Crippen LogP contribution >= 0.6 is 15.9 Å². The summed E-state index contributed by atoms with van der Waals surface area (Å²) in [5.74, 6) is 1.88. The molecule has 2 rings (SSSR count). The number of rotatable bonds is 3. The van der Waals surface area contributed by atoms with E-state index in [0.29, 0.717) is 0 Å². The standard InChI is InChI=1S/C9H9BrN2O/c10-7(8-2-1-5-13-8)6-9-11-3-4-12-9/h1-5,7H,6H2,(H,11,12). The van der Waals surface area contributed by atoms with E-state index in [1.165, 1.54) is 0 Å². The summed E-state index contributed by atoms with van der Waals surface area (Å²) >= 11 is 3.53. The monoisotopic (exact) mass is 240 g/mol. The maximum atomic E-state index is 5.26. The van der Waals surface area contributed by atoms with Gasteiger partial charge in [0, 0.05) is 18.8 Å². The Bertz CT molecular complexity index is 342. The Morgan fingerprint density at radius 2 is 2.54 bits per heavy atom. The van der Waals surface area contributed by atoms with Crippen molar-refractivity contribution in [3.63, 3.8) is 0 Å². The minimum Gasteiger partial charge on any atom is -0.468 e. The van der Waals surface area contributed by atoms with Crippen LogP contribution in [0.25, 0.3) is 0 Å². The maximum Gasteiger partial charge on any atom is 0.117 e. The van der Waals surface area contributed by atoms with Gasteiger partial charge in [-0.25, -0.2) is 4.98 Å². The van der Waals surface area contributed by atoms with E-state index in [9.17, 15) is 0 Å². The largest absolute Gasteiger partial charge is 0.468 e. The maximum absolute atomic E-state index is 5.26. The molecule has 0 aliphatic carbocycles. The van der Waals surface area contributed by atoms with Crippen molar-refractivity contribution in [2.24, 2.45) is 0 Å². The first-order chi connectivity index (χ1) is 6.36. The molecule has 0 fully saturated rings. The normalized spacial score (nSPS) is 13.0. The Balaban J connectivity index is 2.04. The second kappa shape index (κ2) is 3.79. The minimum atomic E-state index is 0.189. The summed E-state index contributed by atoms with van der Waals surface area (Å²) in [6.45, 7) is 0. The molecule has 0 saturated heterocycles. The predicted octanol–water partition coefficient (Wildman–Crippen LogP) is 2.68. The predicted molar refractivity (Wildman–Crippen MR) is 52.7 cm³/mol. The molecule has 1 atom stereocenters. The molecule has 3 nitrogen and oxygen atoms in total. The van der Waals surface area contributed by atoms with Crippen LogP contribution in [0.2, 0.25) is 0 Å². The van der Waals surface area contributed by atoms with E-state index in [-0.39, 0.29) is 4.83 Å². The highest BCUT2D eigenvalue weighted by molar-refractivity contribution is 9.09. The van der Waals surface area contributed by atoms with Gasteiger partial charge in [0.1, 0.15) is 11.6 Å². The van der Waals surface area contributed by atoms with E-state index < -0.39 is 0 Å². The van der Waals surface area contributed by atoms with Crippen LogP contribution in [-0.4, -0.2) is 9.97 Å². The molecule has 0 saturated carbocycles. The Morgan fingerprint density at radius 1 is 1.62 bits per heavy atom. The van der Waals surface area contributed by atoms with Crippen molar-refractivity contribution in [3.05, 3.63) is 42.4 Å². The average molecular weight is 241 g/mol. The molecule has 0 amide bonds. The zero-order valence-corrected chi connectivity index (χ0v) is 8.49. The molecule has 68 valence electrons. The summed E-state index contributed by atoms with van der Waals surface area (Å²) in [4.78, 5) is 7.37. The molecule has 2 aromatic heterocycles. The molecule has 0 bridgehead atoms. The molecule has 2 heterocycles. The zero-order valence-electron chi connectivity index (χ0n) is 6.90. The van der Waals surface area contributed by atoms with E-state index in [2.05, 4.69) is 25.9 Å². The average Bonchev–Trinajstić information content (AvgIpc) is 2.74. The zero-order chi connectivity index (χ0) is 9.10. The van der Waals surface area contributed by atoms with Crippen molar-refractivity contribution in [1.82, 2.24) is 9.97 Å². The lowest BCUT2D eigenvalue weighted by Gasteiger charge is -2.03. The first kappa shape index (κ1) is 8.56. The Hall–Kier alpha value is -1.03. The van der Waals surface area contributed by atoms with E-state index in [4.69, 9.17) is 4.42 Å². The molecule has 0 spiro atoms. The van der Waals surface area contributed by atoms with Crippen molar-refractivity contribution in [2.45, 2.75) is 11.2 Å². The summed E-state index contributed by atoms with van der Waals surface area (Å²) in [5, 5.41) is 0. The number of nitrogens with zero attached hydrogens (tertiary/aromatic N) is 1. The molecule has 4 heteroatoms. The number of alkyl halides is 1. The molecule has 13 heavy (non-hydrogen) atoms. The fourth-order valence-corrected chi connectivity index (χ4v) is 1.72. The van der Waals surface area contributed by atoms with Gasteiger partial charge in [0.15, 0.2) is 0 Å². The van der Waals surface area contributed by atoms with Crippen LogP contribution in [0.15, 0.2) is 35.2 Å². The molecule has 0 aliphatic heterocycles. The van der Waals surface area contributed by atoms with Gasteiger partial charge in [-0.3, -0.25) is 0 Å². The van der Waals surface area contributed by atoms with Crippen LogP contribution in [0.4, 0.5) is 0 Å². The first-order valence-corrected chi connectivity index (χ1v) is 4.93. The highest BCUT2D eigenvalue weighted by Gasteiger charge is 2.11.